The number of aryl methyl sites for hydroxylation is 4. The molecule has 0 bridgehead atoms. The predicted molar refractivity (Wildman–Crippen MR) is 89.8 cm³/mol. The molecule has 3 heterocycles. The van der Waals surface area contributed by atoms with Gasteiger partial charge in [-0.15, -0.1) is 22.7 Å². The van der Waals surface area contributed by atoms with E-state index in [1.165, 1.54) is 46.4 Å². The van der Waals surface area contributed by atoms with E-state index in [0.29, 0.717) is 0 Å². The van der Waals surface area contributed by atoms with E-state index in [4.69, 9.17) is 0 Å². The molecular weight excluding hydrogens is 318 g/mol. The van der Waals surface area contributed by atoms with Crippen molar-refractivity contribution in [2.75, 3.05) is 0 Å². The van der Waals surface area contributed by atoms with Crippen LogP contribution in [0.4, 0.5) is 0 Å². The average molecular weight is 334 g/mol. The highest BCUT2D eigenvalue weighted by atomic mass is 32.2. The van der Waals surface area contributed by atoms with Crippen LogP contribution in [0.1, 0.15) is 33.9 Å². The van der Waals surface area contributed by atoms with Crippen LogP contribution in [0.15, 0.2) is 15.7 Å². The summed E-state index contributed by atoms with van der Waals surface area (Å²) in [5.74, 6) is 0. The van der Waals surface area contributed by atoms with Crippen molar-refractivity contribution in [1.82, 2.24) is 15.0 Å². The van der Waals surface area contributed by atoms with Crippen LogP contribution in [0.3, 0.4) is 0 Å². The molecule has 3 aromatic rings. The number of fused-ring (bicyclic) bond motifs is 3. The minimum absolute atomic E-state index is 1.08. The lowest BCUT2D eigenvalue weighted by atomic mass is 9.97. The number of thiophene rings is 1. The van der Waals surface area contributed by atoms with Crippen LogP contribution >= 0.6 is 34.4 Å². The standard InChI is InChI=1S/C15H15N3S3/c1-8-9(2)19-15(18-8)21-14-12-10-5-3-4-6-11(10)20-13(12)16-7-17-14/h7H,3-6H2,1-2H3. The Hall–Kier alpha value is -0.980. The van der Waals surface area contributed by atoms with Crippen LogP contribution in [0.2, 0.25) is 0 Å². The van der Waals surface area contributed by atoms with E-state index in [0.717, 1.165) is 19.9 Å². The molecule has 0 saturated heterocycles. The number of hydrogen-bond donors (Lipinski definition) is 0. The lowest BCUT2D eigenvalue weighted by Crippen LogP contribution is -1.98. The van der Waals surface area contributed by atoms with Gasteiger partial charge in [0.15, 0.2) is 4.34 Å². The largest absolute Gasteiger partial charge is 0.234 e. The molecule has 6 heteroatoms. The maximum atomic E-state index is 4.63. The molecule has 0 saturated carbocycles. The monoisotopic (exact) mass is 333 g/mol. The van der Waals surface area contributed by atoms with Gasteiger partial charge in [0.25, 0.3) is 0 Å². The van der Waals surface area contributed by atoms with Gasteiger partial charge in [-0.25, -0.2) is 15.0 Å². The van der Waals surface area contributed by atoms with Crippen LogP contribution in [-0.2, 0) is 12.8 Å². The summed E-state index contributed by atoms with van der Waals surface area (Å²) in [7, 11) is 0. The van der Waals surface area contributed by atoms with Gasteiger partial charge in [-0.1, -0.05) is 0 Å². The maximum Gasteiger partial charge on any atom is 0.156 e. The first-order valence-corrected chi connectivity index (χ1v) is 9.54. The lowest BCUT2D eigenvalue weighted by Gasteiger charge is -2.10. The molecule has 0 aliphatic heterocycles. The quantitative estimate of drug-likeness (QED) is 0.632. The Kier molecular flexibility index (Phi) is 3.47. The van der Waals surface area contributed by atoms with Crippen LogP contribution in [0, 0.1) is 13.8 Å². The number of aromatic nitrogens is 3. The zero-order valence-electron chi connectivity index (χ0n) is 12.0. The molecule has 3 aromatic heterocycles. The van der Waals surface area contributed by atoms with Gasteiger partial charge in [0.1, 0.15) is 16.2 Å². The molecule has 108 valence electrons. The van der Waals surface area contributed by atoms with E-state index >= 15 is 0 Å². The third-order valence-corrected chi connectivity index (χ3v) is 7.25. The van der Waals surface area contributed by atoms with Crippen molar-refractivity contribution < 1.29 is 0 Å². The second-order valence-electron chi connectivity index (χ2n) is 5.29. The minimum Gasteiger partial charge on any atom is -0.234 e. The van der Waals surface area contributed by atoms with Gasteiger partial charge in [-0.05, 0) is 56.9 Å². The molecule has 0 amide bonds. The normalized spacial score (nSPS) is 14.6. The first kappa shape index (κ1) is 13.7. The first-order chi connectivity index (χ1) is 10.2. The van der Waals surface area contributed by atoms with E-state index in [1.807, 2.05) is 11.3 Å². The second-order valence-corrected chi connectivity index (χ2v) is 8.82. The summed E-state index contributed by atoms with van der Waals surface area (Å²) in [5, 5.41) is 2.36. The molecule has 4 rings (SSSR count). The third kappa shape index (κ3) is 2.39. The second kappa shape index (κ2) is 5.34. The summed E-state index contributed by atoms with van der Waals surface area (Å²) < 4.78 is 1.08. The van der Waals surface area contributed by atoms with Crippen molar-refractivity contribution in [3.63, 3.8) is 0 Å². The fourth-order valence-corrected chi connectivity index (χ4v) is 6.19. The van der Waals surface area contributed by atoms with E-state index in [1.54, 1.807) is 29.4 Å². The van der Waals surface area contributed by atoms with E-state index < -0.39 is 0 Å². The van der Waals surface area contributed by atoms with Crippen molar-refractivity contribution in [2.45, 2.75) is 48.9 Å². The first-order valence-electron chi connectivity index (χ1n) is 7.09. The molecule has 0 aromatic carbocycles. The summed E-state index contributed by atoms with van der Waals surface area (Å²) in [6.07, 6.45) is 6.66. The Morgan fingerprint density at radius 2 is 1.95 bits per heavy atom. The molecular formula is C15H15N3S3. The smallest absolute Gasteiger partial charge is 0.156 e. The highest BCUT2D eigenvalue weighted by Gasteiger charge is 2.20. The van der Waals surface area contributed by atoms with Crippen LogP contribution in [-0.4, -0.2) is 15.0 Å². The van der Waals surface area contributed by atoms with Crippen molar-refractivity contribution in [3.05, 3.63) is 27.3 Å². The van der Waals surface area contributed by atoms with Crippen LogP contribution in [0.25, 0.3) is 10.2 Å². The zero-order chi connectivity index (χ0) is 14.4. The van der Waals surface area contributed by atoms with Gasteiger partial charge >= 0.3 is 0 Å². The molecule has 0 fully saturated rings. The van der Waals surface area contributed by atoms with Crippen molar-refractivity contribution in [1.29, 1.82) is 0 Å². The van der Waals surface area contributed by atoms with Gasteiger partial charge in [0.2, 0.25) is 0 Å². The summed E-state index contributed by atoms with van der Waals surface area (Å²) >= 11 is 5.30. The molecule has 0 spiro atoms. The SMILES string of the molecule is Cc1nc(Sc2ncnc3sc4c(c23)CCCC4)sc1C. The molecule has 0 radical (unpaired) electrons. The summed E-state index contributed by atoms with van der Waals surface area (Å²) in [6, 6.07) is 0. The van der Waals surface area contributed by atoms with Gasteiger partial charge < -0.3 is 0 Å². The maximum absolute atomic E-state index is 4.63. The minimum atomic E-state index is 1.08. The molecule has 1 aliphatic carbocycles. The number of nitrogens with zero attached hydrogens (tertiary/aromatic N) is 3. The fourth-order valence-electron chi connectivity index (χ4n) is 2.71. The number of hydrogen-bond acceptors (Lipinski definition) is 6. The van der Waals surface area contributed by atoms with Gasteiger partial charge in [-0.3, -0.25) is 0 Å². The Morgan fingerprint density at radius 3 is 2.76 bits per heavy atom. The Morgan fingerprint density at radius 1 is 1.10 bits per heavy atom. The Balaban J connectivity index is 1.82. The molecule has 3 nitrogen and oxygen atoms in total. The third-order valence-electron chi connectivity index (χ3n) is 3.91. The predicted octanol–water partition coefficient (Wildman–Crippen LogP) is 4.79. The van der Waals surface area contributed by atoms with E-state index in [2.05, 4.69) is 28.8 Å². The topological polar surface area (TPSA) is 38.7 Å². The highest BCUT2D eigenvalue weighted by molar-refractivity contribution is 8.01. The molecule has 1 aliphatic rings. The Bertz CT molecular complexity index is 800. The van der Waals surface area contributed by atoms with Crippen molar-refractivity contribution >= 4 is 44.7 Å². The van der Waals surface area contributed by atoms with E-state index in [-0.39, 0.29) is 0 Å². The van der Waals surface area contributed by atoms with Crippen molar-refractivity contribution in [3.8, 4) is 0 Å². The van der Waals surface area contributed by atoms with Gasteiger partial charge in [0.05, 0.1) is 5.69 Å². The average Bonchev–Trinajstić information content (AvgIpc) is 3.00. The molecule has 0 N–H and O–H groups in total. The summed E-state index contributed by atoms with van der Waals surface area (Å²) in [4.78, 5) is 17.6. The summed E-state index contributed by atoms with van der Waals surface area (Å²) in [6.45, 7) is 4.19. The van der Waals surface area contributed by atoms with E-state index in [9.17, 15) is 0 Å². The lowest BCUT2D eigenvalue weighted by molar-refractivity contribution is 0.699. The van der Waals surface area contributed by atoms with Gasteiger partial charge in [0, 0.05) is 15.1 Å². The molecule has 21 heavy (non-hydrogen) atoms. The number of rotatable bonds is 2. The highest BCUT2D eigenvalue weighted by Crippen LogP contribution is 2.41. The number of thiazole rings is 1. The van der Waals surface area contributed by atoms with Crippen LogP contribution in [0.5, 0.6) is 0 Å². The van der Waals surface area contributed by atoms with Crippen molar-refractivity contribution in [2.24, 2.45) is 0 Å². The van der Waals surface area contributed by atoms with Gasteiger partial charge in [-0.2, -0.15) is 0 Å². The van der Waals surface area contributed by atoms with Crippen LogP contribution < -0.4 is 0 Å². The fraction of sp³-hybridized carbons (Fsp3) is 0.400. The Labute approximate surface area is 135 Å². The zero-order valence-corrected chi connectivity index (χ0v) is 14.4. The molecule has 0 atom stereocenters. The summed E-state index contributed by atoms with van der Waals surface area (Å²) in [5.41, 5.74) is 2.62. The molecule has 0 unspecified atom stereocenters.